The lowest BCUT2D eigenvalue weighted by atomic mass is 10.1. The fourth-order valence-corrected chi connectivity index (χ4v) is 3.58. The number of likely N-dealkylation sites (tertiary alicyclic amines) is 1. The molecule has 6 nitrogen and oxygen atoms in total. The van der Waals surface area contributed by atoms with Crippen LogP contribution in [0.1, 0.15) is 24.8 Å². The molecule has 1 amide bonds. The molecular weight excluding hydrogens is 316 g/mol. The van der Waals surface area contributed by atoms with E-state index in [9.17, 15) is 10.0 Å². The molecular formula is C19H28N4O2. The molecule has 6 heteroatoms. The standard InChI is InChI=1S/C19H28N4O2/c24-19(23-9-5-2-6-10-23)18(20-25)16-22-13-11-21(12-14-22)15-17-7-3-1-4-8-17/h1,3-4,7-8,25H,2,5-6,9-16H2. The quantitative estimate of drug-likeness (QED) is 0.501. The minimum atomic E-state index is -0.103. The zero-order valence-electron chi connectivity index (χ0n) is 14.8. The summed E-state index contributed by atoms with van der Waals surface area (Å²) in [6.07, 6.45) is 3.27. The van der Waals surface area contributed by atoms with E-state index in [-0.39, 0.29) is 11.6 Å². The van der Waals surface area contributed by atoms with Crippen molar-refractivity contribution in [3.8, 4) is 0 Å². The lowest BCUT2D eigenvalue weighted by Crippen LogP contribution is -2.50. The van der Waals surface area contributed by atoms with Gasteiger partial charge in [0.2, 0.25) is 0 Å². The first kappa shape index (κ1) is 17.9. The molecule has 1 aromatic rings. The Bertz CT molecular complexity index is 576. The van der Waals surface area contributed by atoms with Gasteiger partial charge in [-0.25, -0.2) is 0 Å². The normalized spacial score (nSPS) is 20.6. The molecule has 0 aliphatic carbocycles. The van der Waals surface area contributed by atoms with Gasteiger partial charge in [0.1, 0.15) is 0 Å². The number of benzene rings is 1. The number of piperazine rings is 1. The summed E-state index contributed by atoms with van der Waals surface area (Å²) in [6, 6.07) is 10.5. The summed E-state index contributed by atoms with van der Waals surface area (Å²) in [5, 5.41) is 12.6. The smallest absolute Gasteiger partial charge is 0.273 e. The van der Waals surface area contributed by atoms with Crippen molar-refractivity contribution in [1.82, 2.24) is 14.7 Å². The summed E-state index contributed by atoms with van der Waals surface area (Å²) < 4.78 is 0. The third-order valence-corrected chi connectivity index (χ3v) is 5.10. The molecule has 2 fully saturated rings. The first-order valence-corrected chi connectivity index (χ1v) is 9.25. The Morgan fingerprint density at radius 3 is 2.20 bits per heavy atom. The zero-order chi connectivity index (χ0) is 17.5. The Hall–Kier alpha value is -1.92. The Morgan fingerprint density at radius 2 is 1.56 bits per heavy atom. The average Bonchev–Trinajstić information content (AvgIpc) is 2.68. The van der Waals surface area contributed by atoms with Gasteiger partial charge in [-0.05, 0) is 24.8 Å². The molecule has 0 radical (unpaired) electrons. The Balaban J connectivity index is 1.46. The molecule has 2 heterocycles. The van der Waals surface area contributed by atoms with Crippen LogP contribution in [0.3, 0.4) is 0 Å². The molecule has 2 aliphatic heterocycles. The maximum absolute atomic E-state index is 12.5. The Labute approximate surface area is 149 Å². The minimum absolute atomic E-state index is 0.103. The van der Waals surface area contributed by atoms with Crippen molar-refractivity contribution >= 4 is 11.6 Å². The minimum Gasteiger partial charge on any atom is -0.410 e. The highest BCUT2D eigenvalue weighted by molar-refractivity contribution is 6.39. The summed E-state index contributed by atoms with van der Waals surface area (Å²) in [5.74, 6) is -0.103. The van der Waals surface area contributed by atoms with Crippen LogP contribution in [0.4, 0.5) is 0 Å². The van der Waals surface area contributed by atoms with Crippen LogP contribution in [0.25, 0.3) is 0 Å². The molecule has 1 N–H and O–H groups in total. The van der Waals surface area contributed by atoms with Gasteiger partial charge in [0.15, 0.2) is 5.71 Å². The summed E-state index contributed by atoms with van der Waals surface area (Å²) in [7, 11) is 0. The first-order valence-electron chi connectivity index (χ1n) is 9.25. The number of hydrogen-bond donors (Lipinski definition) is 1. The highest BCUT2D eigenvalue weighted by Gasteiger charge is 2.25. The van der Waals surface area contributed by atoms with Crippen LogP contribution in [-0.4, -0.2) is 77.3 Å². The summed E-state index contributed by atoms with van der Waals surface area (Å²) in [5.41, 5.74) is 1.60. The number of carbonyl (C=O) groups is 1. The predicted octanol–water partition coefficient (Wildman–Crippen LogP) is 1.65. The number of carbonyl (C=O) groups excluding carboxylic acids is 1. The van der Waals surface area contributed by atoms with Gasteiger partial charge in [0.05, 0.1) is 0 Å². The van der Waals surface area contributed by atoms with Crippen LogP contribution in [0.5, 0.6) is 0 Å². The van der Waals surface area contributed by atoms with Gasteiger partial charge in [0, 0.05) is 52.4 Å². The van der Waals surface area contributed by atoms with E-state index in [2.05, 4.69) is 39.2 Å². The highest BCUT2D eigenvalue weighted by atomic mass is 16.4. The van der Waals surface area contributed by atoms with E-state index in [0.717, 1.165) is 58.7 Å². The monoisotopic (exact) mass is 344 g/mol. The van der Waals surface area contributed by atoms with E-state index in [1.165, 1.54) is 12.0 Å². The van der Waals surface area contributed by atoms with Crippen molar-refractivity contribution in [3.63, 3.8) is 0 Å². The van der Waals surface area contributed by atoms with E-state index in [1.807, 2.05) is 11.0 Å². The molecule has 3 rings (SSSR count). The number of oxime groups is 1. The van der Waals surface area contributed by atoms with Crippen molar-refractivity contribution in [1.29, 1.82) is 0 Å². The highest BCUT2D eigenvalue weighted by Crippen LogP contribution is 2.11. The second-order valence-corrected chi connectivity index (χ2v) is 6.94. The molecule has 2 saturated heterocycles. The fourth-order valence-electron chi connectivity index (χ4n) is 3.58. The molecule has 0 bridgehead atoms. The van der Waals surface area contributed by atoms with Gasteiger partial charge < -0.3 is 10.1 Å². The largest absolute Gasteiger partial charge is 0.410 e. The number of piperidine rings is 1. The third-order valence-electron chi connectivity index (χ3n) is 5.10. The van der Waals surface area contributed by atoms with Crippen molar-refractivity contribution in [2.24, 2.45) is 5.16 Å². The molecule has 136 valence electrons. The van der Waals surface area contributed by atoms with Crippen molar-refractivity contribution in [2.45, 2.75) is 25.8 Å². The van der Waals surface area contributed by atoms with Crippen molar-refractivity contribution in [3.05, 3.63) is 35.9 Å². The van der Waals surface area contributed by atoms with Crippen LogP contribution in [0.2, 0.25) is 0 Å². The molecule has 0 aromatic heterocycles. The van der Waals surface area contributed by atoms with Crippen LogP contribution < -0.4 is 0 Å². The van der Waals surface area contributed by atoms with Crippen LogP contribution in [-0.2, 0) is 11.3 Å². The van der Waals surface area contributed by atoms with Gasteiger partial charge >= 0.3 is 0 Å². The number of nitrogens with zero attached hydrogens (tertiary/aromatic N) is 4. The van der Waals surface area contributed by atoms with Crippen molar-refractivity contribution in [2.75, 3.05) is 45.8 Å². The van der Waals surface area contributed by atoms with Gasteiger partial charge in [-0.3, -0.25) is 14.6 Å². The first-order chi connectivity index (χ1) is 12.3. The molecule has 0 spiro atoms. The average molecular weight is 344 g/mol. The molecule has 1 aromatic carbocycles. The number of hydrogen-bond acceptors (Lipinski definition) is 5. The zero-order valence-corrected chi connectivity index (χ0v) is 14.8. The van der Waals surface area contributed by atoms with Crippen LogP contribution in [0.15, 0.2) is 35.5 Å². The lowest BCUT2D eigenvalue weighted by molar-refractivity contribution is -0.125. The molecule has 0 unspecified atom stereocenters. The van der Waals surface area contributed by atoms with Gasteiger partial charge in [0.25, 0.3) is 5.91 Å². The second kappa shape index (κ2) is 8.97. The van der Waals surface area contributed by atoms with Gasteiger partial charge in [-0.15, -0.1) is 0 Å². The maximum Gasteiger partial charge on any atom is 0.273 e. The molecule has 2 aliphatic rings. The summed E-state index contributed by atoms with van der Waals surface area (Å²) in [4.78, 5) is 19.0. The summed E-state index contributed by atoms with van der Waals surface area (Å²) >= 11 is 0. The summed E-state index contributed by atoms with van der Waals surface area (Å²) in [6.45, 7) is 6.66. The number of rotatable bonds is 5. The van der Waals surface area contributed by atoms with E-state index in [0.29, 0.717) is 6.54 Å². The Morgan fingerprint density at radius 1 is 0.920 bits per heavy atom. The molecule has 0 saturated carbocycles. The topological polar surface area (TPSA) is 59.4 Å². The lowest BCUT2D eigenvalue weighted by Gasteiger charge is -2.35. The second-order valence-electron chi connectivity index (χ2n) is 6.94. The van der Waals surface area contributed by atoms with Gasteiger partial charge in [-0.2, -0.15) is 0 Å². The van der Waals surface area contributed by atoms with E-state index >= 15 is 0 Å². The van der Waals surface area contributed by atoms with Gasteiger partial charge in [-0.1, -0.05) is 35.5 Å². The molecule has 25 heavy (non-hydrogen) atoms. The predicted molar refractivity (Wildman–Crippen MR) is 97.8 cm³/mol. The van der Waals surface area contributed by atoms with E-state index in [4.69, 9.17) is 0 Å². The number of amides is 1. The fraction of sp³-hybridized carbons (Fsp3) is 0.579. The van der Waals surface area contributed by atoms with Crippen LogP contribution >= 0.6 is 0 Å². The van der Waals surface area contributed by atoms with Crippen molar-refractivity contribution < 1.29 is 10.0 Å². The third kappa shape index (κ3) is 5.03. The Kier molecular flexibility index (Phi) is 6.42. The van der Waals surface area contributed by atoms with Crippen LogP contribution in [0, 0.1) is 0 Å². The van der Waals surface area contributed by atoms with E-state index < -0.39 is 0 Å². The van der Waals surface area contributed by atoms with E-state index in [1.54, 1.807) is 0 Å². The molecule has 0 atom stereocenters. The SMILES string of the molecule is O=C(C(CN1CCN(Cc2ccccc2)CC1)=NO)N1CCCCC1. The maximum atomic E-state index is 12.5.